The second-order valence-corrected chi connectivity index (χ2v) is 7.27. The van der Waals surface area contributed by atoms with Crippen LogP contribution in [0.15, 0.2) is 66.4 Å². The van der Waals surface area contributed by atoms with Gasteiger partial charge in [-0.15, -0.1) is 0 Å². The number of likely N-dealkylation sites (tertiary alicyclic amines) is 1. The highest BCUT2D eigenvalue weighted by Gasteiger charge is 2.28. The minimum Gasteiger partial charge on any atom is -0.352 e. The van der Waals surface area contributed by atoms with Crippen molar-refractivity contribution in [1.29, 1.82) is 0 Å². The molecule has 1 aliphatic heterocycles. The molecule has 1 N–H and O–H groups in total. The third kappa shape index (κ3) is 3.78. The van der Waals surface area contributed by atoms with Crippen LogP contribution >= 0.6 is 0 Å². The van der Waals surface area contributed by atoms with E-state index in [2.05, 4.69) is 61.2 Å². The van der Waals surface area contributed by atoms with Gasteiger partial charge < -0.3 is 14.8 Å². The number of benzene rings is 1. The average Bonchev–Trinajstić information content (AvgIpc) is 3.44. The molecule has 0 amide bonds. The molecule has 2 unspecified atom stereocenters. The molecule has 146 valence electrons. The van der Waals surface area contributed by atoms with Crippen LogP contribution in [0, 0.1) is 5.92 Å². The molecule has 1 aromatic carbocycles. The number of nitrogens with one attached hydrogen (secondary N) is 1. The normalized spacial score (nSPS) is 20.4. The van der Waals surface area contributed by atoms with Gasteiger partial charge in [0.15, 0.2) is 5.96 Å². The summed E-state index contributed by atoms with van der Waals surface area (Å²) in [4.78, 5) is 11.1. The zero-order valence-corrected chi connectivity index (χ0v) is 16.4. The fraction of sp³-hybridized carbons (Fsp3) is 0.381. The summed E-state index contributed by atoms with van der Waals surface area (Å²) in [7, 11) is 1.85. The topological polar surface area (TPSA) is 63.3 Å². The lowest BCUT2D eigenvalue weighted by Gasteiger charge is -2.39. The number of piperidine rings is 1. The Morgan fingerprint density at radius 3 is 2.86 bits per heavy atom. The molecule has 1 saturated heterocycles. The lowest BCUT2D eigenvalue weighted by atomic mass is 9.93. The minimum absolute atomic E-state index is 0.408. The van der Waals surface area contributed by atoms with E-state index >= 15 is 0 Å². The van der Waals surface area contributed by atoms with Crippen LogP contribution in [-0.2, 0) is 6.54 Å². The molecule has 7 nitrogen and oxygen atoms in total. The van der Waals surface area contributed by atoms with E-state index in [0.29, 0.717) is 18.5 Å². The van der Waals surface area contributed by atoms with E-state index in [9.17, 15) is 0 Å². The summed E-state index contributed by atoms with van der Waals surface area (Å²) in [5, 5.41) is 7.92. The predicted octanol–water partition coefficient (Wildman–Crippen LogP) is 2.73. The van der Waals surface area contributed by atoms with Crippen LogP contribution in [0.25, 0.3) is 5.69 Å². The maximum Gasteiger partial charge on any atom is 0.193 e. The smallest absolute Gasteiger partial charge is 0.193 e. The molecule has 4 rings (SSSR count). The number of aromatic nitrogens is 4. The first kappa shape index (κ1) is 18.3. The van der Waals surface area contributed by atoms with Crippen LogP contribution in [-0.4, -0.2) is 50.3 Å². The molecule has 0 aliphatic carbocycles. The number of nitrogens with zero attached hydrogens (tertiary/aromatic N) is 6. The van der Waals surface area contributed by atoms with Gasteiger partial charge in [-0.25, -0.2) is 9.67 Å². The molecular formula is C21H27N7. The van der Waals surface area contributed by atoms with Gasteiger partial charge in [-0.2, -0.15) is 5.10 Å². The highest BCUT2D eigenvalue weighted by atomic mass is 15.3. The van der Waals surface area contributed by atoms with Crippen molar-refractivity contribution in [2.45, 2.75) is 25.9 Å². The first-order valence-electron chi connectivity index (χ1n) is 9.77. The predicted molar refractivity (Wildman–Crippen MR) is 110 cm³/mol. The number of hydrogen-bond acceptors (Lipinski definition) is 3. The van der Waals surface area contributed by atoms with Crippen LogP contribution in [0.3, 0.4) is 0 Å². The Morgan fingerprint density at radius 2 is 2.11 bits per heavy atom. The molecule has 0 spiro atoms. The molecule has 0 radical (unpaired) electrons. The molecule has 28 heavy (non-hydrogen) atoms. The quantitative estimate of drug-likeness (QED) is 0.561. The maximum atomic E-state index is 4.54. The zero-order chi connectivity index (χ0) is 19.3. The Bertz CT molecular complexity index is 899. The standard InChI is InChI=1S/C21H27N7/c1-17-8-12-26(15-20(17)27-13-10-23-16-27)21(22-2)24-14-18-6-3-4-7-19(18)28-11-5-9-25-28/h3-7,9-11,13,16-17,20H,8,12,14-15H2,1-2H3,(H,22,24). The third-order valence-corrected chi connectivity index (χ3v) is 5.52. The Morgan fingerprint density at radius 1 is 1.21 bits per heavy atom. The number of para-hydroxylation sites is 1. The molecule has 0 saturated carbocycles. The van der Waals surface area contributed by atoms with Gasteiger partial charge >= 0.3 is 0 Å². The molecule has 2 aromatic heterocycles. The summed E-state index contributed by atoms with van der Waals surface area (Å²) in [5.41, 5.74) is 2.27. The second kappa shape index (κ2) is 8.29. The SMILES string of the molecule is CN=C(NCc1ccccc1-n1cccn1)N1CCC(C)C(n2ccnc2)C1. The van der Waals surface area contributed by atoms with Crippen molar-refractivity contribution in [3.8, 4) is 5.69 Å². The van der Waals surface area contributed by atoms with Crippen LogP contribution < -0.4 is 5.32 Å². The van der Waals surface area contributed by atoms with Crippen LogP contribution in [0.5, 0.6) is 0 Å². The number of aliphatic imine (C=N–C) groups is 1. The Balaban J connectivity index is 1.46. The number of guanidine groups is 1. The van der Waals surface area contributed by atoms with Crippen LogP contribution in [0.1, 0.15) is 24.9 Å². The Kier molecular flexibility index (Phi) is 5.41. The fourth-order valence-corrected chi connectivity index (χ4v) is 3.90. The molecular weight excluding hydrogens is 350 g/mol. The zero-order valence-electron chi connectivity index (χ0n) is 16.4. The first-order valence-corrected chi connectivity index (χ1v) is 9.77. The highest BCUT2D eigenvalue weighted by Crippen LogP contribution is 2.27. The Labute approximate surface area is 165 Å². The van der Waals surface area contributed by atoms with Crippen molar-refractivity contribution < 1.29 is 0 Å². The van der Waals surface area contributed by atoms with Crippen molar-refractivity contribution in [3.63, 3.8) is 0 Å². The number of rotatable bonds is 4. The van der Waals surface area contributed by atoms with E-state index in [1.165, 1.54) is 5.56 Å². The van der Waals surface area contributed by atoms with Crippen molar-refractivity contribution in [1.82, 2.24) is 29.5 Å². The third-order valence-electron chi connectivity index (χ3n) is 5.52. The highest BCUT2D eigenvalue weighted by molar-refractivity contribution is 5.80. The molecule has 7 heteroatoms. The van der Waals surface area contributed by atoms with E-state index in [-0.39, 0.29) is 0 Å². The van der Waals surface area contributed by atoms with Gasteiger partial charge in [0.25, 0.3) is 0 Å². The number of imidazole rings is 1. The summed E-state index contributed by atoms with van der Waals surface area (Å²) in [6.07, 6.45) is 10.7. The summed E-state index contributed by atoms with van der Waals surface area (Å²) in [6.45, 7) is 4.95. The van der Waals surface area contributed by atoms with Crippen molar-refractivity contribution in [3.05, 3.63) is 67.0 Å². The van der Waals surface area contributed by atoms with Gasteiger partial charge in [-0.1, -0.05) is 25.1 Å². The van der Waals surface area contributed by atoms with E-state index < -0.39 is 0 Å². The molecule has 1 aliphatic rings. The lowest BCUT2D eigenvalue weighted by Crippen LogP contribution is -2.48. The fourth-order valence-electron chi connectivity index (χ4n) is 3.90. The monoisotopic (exact) mass is 377 g/mol. The van der Waals surface area contributed by atoms with E-state index in [1.54, 1.807) is 6.20 Å². The van der Waals surface area contributed by atoms with Gasteiger partial charge in [0, 0.05) is 51.5 Å². The van der Waals surface area contributed by atoms with Crippen LogP contribution in [0.4, 0.5) is 0 Å². The van der Waals surface area contributed by atoms with Gasteiger partial charge in [-0.3, -0.25) is 4.99 Å². The second-order valence-electron chi connectivity index (χ2n) is 7.27. The molecule has 1 fully saturated rings. The lowest BCUT2D eigenvalue weighted by molar-refractivity contribution is 0.189. The van der Waals surface area contributed by atoms with Gasteiger partial charge in [0.2, 0.25) is 0 Å². The number of hydrogen-bond donors (Lipinski definition) is 1. The summed E-state index contributed by atoms with van der Waals surface area (Å²) < 4.78 is 4.12. The molecule has 0 bridgehead atoms. The van der Waals surface area contributed by atoms with Crippen molar-refractivity contribution in [2.75, 3.05) is 20.1 Å². The molecule has 2 atom stereocenters. The van der Waals surface area contributed by atoms with E-state index in [1.807, 2.05) is 42.6 Å². The van der Waals surface area contributed by atoms with Crippen molar-refractivity contribution in [2.24, 2.45) is 10.9 Å². The van der Waals surface area contributed by atoms with Crippen molar-refractivity contribution >= 4 is 5.96 Å². The average molecular weight is 377 g/mol. The van der Waals surface area contributed by atoms with E-state index in [4.69, 9.17) is 0 Å². The Hall–Kier alpha value is -3.09. The maximum absolute atomic E-state index is 4.54. The summed E-state index contributed by atoms with van der Waals surface area (Å²) >= 11 is 0. The molecule has 3 aromatic rings. The summed E-state index contributed by atoms with van der Waals surface area (Å²) in [6, 6.07) is 10.7. The van der Waals surface area contributed by atoms with Crippen LogP contribution in [0.2, 0.25) is 0 Å². The minimum atomic E-state index is 0.408. The van der Waals surface area contributed by atoms with E-state index in [0.717, 1.165) is 31.2 Å². The molecule has 3 heterocycles. The largest absolute Gasteiger partial charge is 0.352 e. The van der Waals surface area contributed by atoms with Gasteiger partial charge in [0.1, 0.15) is 0 Å². The van der Waals surface area contributed by atoms with Gasteiger partial charge in [0.05, 0.1) is 18.1 Å². The summed E-state index contributed by atoms with van der Waals surface area (Å²) in [5.74, 6) is 1.55. The first-order chi connectivity index (χ1) is 13.8. The van der Waals surface area contributed by atoms with Gasteiger partial charge in [-0.05, 0) is 30.0 Å².